The first kappa shape index (κ1) is 43.9. The number of ether oxygens (including phenoxy) is 2. The first-order valence-electron chi connectivity index (χ1n) is 15.4. The Bertz CT molecular complexity index is 2230. The maximum atomic E-state index is 13.0. The topological polar surface area (TPSA) is 442 Å². The summed E-state index contributed by atoms with van der Waals surface area (Å²) in [7, 11) is -28.3. The molecule has 6 heterocycles. The molecule has 6 rings (SSSR count). The van der Waals surface area contributed by atoms with Crippen molar-refractivity contribution in [3.8, 4) is 0 Å². The molecule has 2 aliphatic rings. The molecular formula is C22H35BN10O19P5-. The van der Waals surface area contributed by atoms with Crippen LogP contribution in [-0.4, -0.2) is 148 Å². The number of hydrogen-bond donors (Lipinski definition) is 10. The van der Waals surface area contributed by atoms with Crippen LogP contribution >= 0.6 is 37.9 Å². The standard InChI is InChI=1S/C22H35BN10O19P5/c23-57(46,51-55(42,43)7-53(38,39)47-1-9-13(34)15(36)21(49-9)32-5-30-11-17(24)26-3-28-19(11)32)52-56(44,45)8-54(40,41)48-2-10-14(35)16(37)22(50-10)33-6-31-12-18(25)27-4-29-20(12)33/h3-6,9-10,13-16,21-22,34-37H,1-2,7-8H2,23H3,(H,38,39)(H,40,41)(H,42,43)(H,44,45)(H2,24,26,28)(H2,25,27,29)/q-1/t9-,10-,13-,14-,15-,16-,21-,22-/m1/s1. The van der Waals surface area contributed by atoms with Gasteiger partial charge in [0.15, 0.2) is 54.7 Å². The van der Waals surface area contributed by atoms with Gasteiger partial charge in [-0.2, -0.15) is 0 Å². The maximum Gasteiger partial charge on any atom is 0.345 e. The van der Waals surface area contributed by atoms with E-state index in [9.17, 15) is 62.8 Å². The highest BCUT2D eigenvalue weighted by molar-refractivity contribution is 7.89. The predicted molar refractivity (Wildman–Crippen MR) is 192 cm³/mol. The quantitative estimate of drug-likeness (QED) is 0.0403. The van der Waals surface area contributed by atoms with Crippen molar-refractivity contribution in [1.29, 1.82) is 0 Å². The lowest BCUT2D eigenvalue weighted by molar-refractivity contribution is -0.0483. The van der Waals surface area contributed by atoms with Crippen LogP contribution in [0.2, 0.25) is 0 Å². The van der Waals surface area contributed by atoms with Crippen LogP contribution in [-0.2, 0) is 50.0 Å². The molecule has 29 nitrogen and oxygen atoms in total. The summed E-state index contributed by atoms with van der Waals surface area (Å²) in [5.41, 5.74) is 12.0. The SMILES string of the molecule is [BH3-]P(=O)(OP(=O)(O)CP(=O)(O)OC[C@H]1O[C@@H](n2cnc3c(N)ncnc32)[C@H](O)[C@@H]1O)OP(=O)(O)CP(=O)(O)OC[C@H]1O[C@@H](n2cnc3c(N)ncnc32)[C@H](O)[C@@H]1O. The molecule has 12 N–H and O–H groups in total. The number of rotatable bonds is 16. The van der Waals surface area contributed by atoms with E-state index in [1.54, 1.807) is 0 Å². The molecule has 0 aromatic carbocycles. The molecule has 57 heavy (non-hydrogen) atoms. The van der Waals surface area contributed by atoms with Crippen LogP contribution in [0.15, 0.2) is 25.3 Å². The molecule has 0 saturated carbocycles. The Kier molecular flexibility index (Phi) is 12.4. The van der Waals surface area contributed by atoms with Gasteiger partial charge in [-0.1, -0.05) is 0 Å². The van der Waals surface area contributed by atoms with Crippen molar-refractivity contribution >= 4 is 79.4 Å². The first-order valence-corrected chi connectivity index (χ1v) is 23.5. The number of aliphatic hydroxyl groups is 4. The molecule has 0 spiro atoms. The summed E-state index contributed by atoms with van der Waals surface area (Å²) in [4.78, 5) is 64.7. The smallest absolute Gasteiger partial charge is 0.345 e. The van der Waals surface area contributed by atoms with Crippen LogP contribution in [0.4, 0.5) is 11.6 Å². The number of anilines is 2. The minimum atomic E-state index is -5.47. The van der Waals surface area contributed by atoms with Crippen LogP contribution in [0.1, 0.15) is 12.5 Å². The van der Waals surface area contributed by atoms with Crippen molar-refractivity contribution in [2.75, 3.05) is 36.5 Å². The second-order valence-corrected chi connectivity index (χ2v) is 21.7. The number of aromatic nitrogens is 8. The Balaban J connectivity index is 1.00. The first-order chi connectivity index (χ1) is 26.4. The van der Waals surface area contributed by atoms with Gasteiger partial charge in [0.1, 0.15) is 60.3 Å². The molecular weight excluding hydrogens is 874 g/mol. The van der Waals surface area contributed by atoms with Gasteiger partial charge in [-0.05, 0) is 0 Å². The highest BCUT2D eigenvalue weighted by Crippen LogP contribution is 2.72. The fraction of sp³-hybridized carbons (Fsp3) is 0.545. The minimum absolute atomic E-state index is 0.00717. The predicted octanol–water partition coefficient (Wildman–Crippen LogP) is -2.73. The number of nitrogens with two attached hydrogens (primary N) is 2. The lowest BCUT2D eigenvalue weighted by atomic mass is 10.1. The van der Waals surface area contributed by atoms with E-state index in [0.717, 1.165) is 12.7 Å². The maximum absolute atomic E-state index is 13.0. The zero-order valence-electron chi connectivity index (χ0n) is 27.8. The molecule has 2 fully saturated rings. The van der Waals surface area contributed by atoms with E-state index >= 15 is 0 Å². The van der Waals surface area contributed by atoms with E-state index in [1.807, 2.05) is 0 Å². The number of hydrogen-bond acceptors (Lipinski definition) is 23. The van der Waals surface area contributed by atoms with Gasteiger partial charge in [0.05, 0.1) is 33.4 Å². The summed E-state index contributed by atoms with van der Waals surface area (Å²) in [6.07, 6.45) is -7.89. The van der Waals surface area contributed by atoms with Gasteiger partial charge in [-0.25, -0.2) is 29.9 Å². The molecule has 2 aliphatic heterocycles. The largest absolute Gasteiger partial charge is 0.387 e. The van der Waals surface area contributed by atoms with Gasteiger partial charge >= 0.3 is 30.4 Å². The van der Waals surface area contributed by atoms with E-state index in [1.165, 1.54) is 21.8 Å². The Labute approximate surface area is 319 Å². The second kappa shape index (κ2) is 16.1. The molecule has 12 atom stereocenters. The molecule has 0 amide bonds. The van der Waals surface area contributed by atoms with E-state index in [-0.39, 0.29) is 34.0 Å². The van der Waals surface area contributed by atoms with E-state index in [4.69, 9.17) is 30.0 Å². The third-order valence-corrected chi connectivity index (χ3v) is 17.9. The number of imidazole rings is 2. The normalized spacial score (nSPS) is 30.8. The Morgan fingerprint density at radius 1 is 0.614 bits per heavy atom. The van der Waals surface area contributed by atoms with Gasteiger partial charge < -0.3 is 74.6 Å². The van der Waals surface area contributed by atoms with Crippen molar-refractivity contribution < 1.29 is 90.0 Å². The van der Waals surface area contributed by atoms with Crippen LogP contribution < -0.4 is 11.5 Å². The number of aliphatic hydroxyl groups excluding tert-OH is 4. The minimum Gasteiger partial charge on any atom is -0.387 e. The van der Waals surface area contributed by atoms with Crippen LogP contribution in [0, 0.1) is 0 Å². The second-order valence-electron chi connectivity index (χ2n) is 12.1. The molecule has 0 radical (unpaired) electrons. The molecule has 0 aliphatic carbocycles. The lowest BCUT2D eigenvalue weighted by Crippen LogP contribution is -2.33. The highest BCUT2D eigenvalue weighted by atomic mass is 31.3. The number of fused-ring (bicyclic) bond motifs is 2. The van der Waals surface area contributed by atoms with Crippen molar-refractivity contribution in [2.24, 2.45) is 0 Å². The number of nitrogens with zero attached hydrogens (tertiary/aromatic N) is 8. The number of nitrogen functional groups attached to an aromatic ring is 2. The van der Waals surface area contributed by atoms with Gasteiger partial charge in [0, 0.05) is 0 Å². The van der Waals surface area contributed by atoms with Crippen molar-refractivity contribution in [3.05, 3.63) is 25.3 Å². The zero-order chi connectivity index (χ0) is 41.9. The highest BCUT2D eigenvalue weighted by Gasteiger charge is 2.48. The third-order valence-electron chi connectivity index (χ3n) is 7.98. The van der Waals surface area contributed by atoms with Gasteiger partial charge in [-0.15, -0.1) is 0 Å². The average Bonchev–Trinajstić information content (AvgIpc) is 3.83. The summed E-state index contributed by atoms with van der Waals surface area (Å²) in [6, 6.07) is 0. The Hall–Kier alpha value is -2.65. The fourth-order valence-corrected chi connectivity index (χ4v) is 13.9. The molecule has 316 valence electrons. The summed E-state index contributed by atoms with van der Waals surface area (Å²) < 4.78 is 96.3. The fourth-order valence-electron chi connectivity index (χ4n) is 5.49. The monoisotopic (exact) mass is 909 g/mol. The van der Waals surface area contributed by atoms with Gasteiger partial charge in [-0.3, -0.25) is 36.0 Å². The van der Waals surface area contributed by atoms with Crippen LogP contribution in [0.5, 0.6) is 0 Å². The summed E-state index contributed by atoms with van der Waals surface area (Å²) in [6.45, 7) is -1.89. The molecule has 4 aromatic heterocycles. The molecule has 4 aromatic rings. The lowest BCUT2D eigenvalue weighted by Gasteiger charge is -2.26. The average molecular weight is 909 g/mol. The van der Waals surface area contributed by atoms with Crippen LogP contribution in [0.3, 0.4) is 0 Å². The molecule has 4 unspecified atom stereocenters. The van der Waals surface area contributed by atoms with Gasteiger partial charge in [0.25, 0.3) is 0 Å². The Morgan fingerprint density at radius 2 is 0.982 bits per heavy atom. The summed E-state index contributed by atoms with van der Waals surface area (Å²) in [5.74, 6) is -3.49. The summed E-state index contributed by atoms with van der Waals surface area (Å²) in [5, 5.41) is 42.1. The third kappa shape index (κ3) is 9.88. The Morgan fingerprint density at radius 3 is 1.35 bits per heavy atom. The van der Waals surface area contributed by atoms with Crippen molar-refractivity contribution in [1.82, 2.24) is 39.0 Å². The van der Waals surface area contributed by atoms with Crippen molar-refractivity contribution in [2.45, 2.75) is 49.1 Å². The van der Waals surface area contributed by atoms with E-state index in [0.29, 0.717) is 0 Å². The molecule has 35 heteroatoms. The van der Waals surface area contributed by atoms with Crippen molar-refractivity contribution in [3.63, 3.8) is 0 Å². The molecule has 2 saturated heterocycles. The van der Waals surface area contributed by atoms with Crippen LogP contribution in [0.25, 0.3) is 22.3 Å². The van der Waals surface area contributed by atoms with Gasteiger partial charge in [0.2, 0.25) is 0 Å². The van der Waals surface area contributed by atoms with E-state index < -0.39 is 120 Å². The van der Waals surface area contributed by atoms with E-state index in [2.05, 4.69) is 38.5 Å². The zero-order valence-corrected chi connectivity index (χ0v) is 32.3. The summed E-state index contributed by atoms with van der Waals surface area (Å²) >= 11 is 0. The molecule has 0 bridgehead atoms.